The number of ether oxygens (including phenoxy) is 1. The second-order valence-corrected chi connectivity index (χ2v) is 6.35. The molecular formula is C18H17ClF3N3O2. The molecule has 5 nitrogen and oxygen atoms in total. The molecule has 0 atom stereocenters. The molecule has 27 heavy (non-hydrogen) atoms. The smallest absolute Gasteiger partial charge is 0.376 e. The van der Waals surface area contributed by atoms with Gasteiger partial charge in [-0.05, 0) is 17.7 Å². The summed E-state index contributed by atoms with van der Waals surface area (Å²) in [5.74, 6) is -0.365. The van der Waals surface area contributed by atoms with E-state index < -0.39 is 11.9 Å². The Morgan fingerprint density at radius 2 is 2.15 bits per heavy atom. The van der Waals surface area contributed by atoms with E-state index in [0.717, 1.165) is 0 Å². The van der Waals surface area contributed by atoms with Crippen molar-refractivity contribution in [3.8, 4) is 0 Å². The van der Waals surface area contributed by atoms with Crippen molar-refractivity contribution in [2.75, 3.05) is 13.2 Å². The molecule has 1 aliphatic heterocycles. The van der Waals surface area contributed by atoms with Crippen LogP contribution in [0.2, 0.25) is 5.02 Å². The van der Waals surface area contributed by atoms with Crippen molar-refractivity contribution in [1.29, 1.82) is 0 Å². The summed E-state index contributed by atoms with van der Waals surface area (Å²) >= 11 is 6.00. The molecule has 0 aliphatic carbocycles. The van der Waals surface area contributed by atoms with Gasteiger partial charge in [0.2, 0.25) is 5.91 Å². The van der Waals surface area contributed by atoms with Crippen LogP contribution in [0.15, 0.2) is 30.3 Å². The number of halogens is 4. The van der Waals surface area contributed by atoms with Crippen molar-refractivity contribution < 1.29 is 22.7 Å². The second-order valence-electron chi connectivity index (χ2n) is 5.94. The number of amides is 1. The third kappa shape index (κ3) is 4.70. The fourth-order valence-electron chi connectivity index (χ4n) is 2.84. The molecule has 1 aromatic heterocycles. The minimum Gasteiger partial charge on any atom is -0.376 e. The molecule has 0 saturated carbocycles. The Morgan fingerprint density at radius 1 is 1.37 bits per heavy atom. The van der Waals surface area contributed by atoms with Gasteiger partial charge in [0.15, 0.2) is 5.69 Å². The molecule has 0 bridgehead atoms. The van der Waals surface area contributed by atoms with E-state index in [-0.39, 0.29) is 31.2 Å². The predicted molar refractivity (Wildman–Crippen MR) is 94.1 cm³/mol. The molecule has 9 heteroatoms. The van der Waals surface area contributed by atoms with Gasteiger partial charge in [0.05, 0.1) is 19.8 Å². The average molecular weight is 400 g/mol. The van der Waals surface area contributed by atoms with Gasteiger partial charge >= 0.3 is 6.18 Å². The van der Waals surface area contributed by atoms with Gasteiger partial charge in [-0.2, -0.15) is 18.3 Å². The fourth-order valence-corrected chi connectivity index (χ4v) is 3.04. The summed E-state index contributed by atoms with van der Waals surface area (Å²) in [4.78, 5) is 11.9. The van der Waals surface area contributed by atoms with Crippen molar-refractivity contribution in [1.82, 2.24) is 15.1 Å². The number of nitrogens with zero attached hydrogens (tertiary/aromatic N) is 2. The maximum absolute atomic E-state index is 13.1. The Kier molecular flexibility index (Phi) is 5.86. The van der Waals surface area contributed by atoms with E-state index in [9.17, 15) is 18.0 Å². The molecule has 3 rings (SSSR count). The fraction of sp³-hybridized carbons (Fsp3) is 0.333. The van der Waals surface area contributed by atoms with Crippen LogP contribution in [0.3, 0.4) is 0 Å². The topological polar surface area (TPSA) is 56.2 Å². The molecule has 2 heterocycles. The van der Waals surface area contributed by atoms with Crippen LogP contribution >= 0.6 is 11.6 Å². The first-order valence-corrected chi connectivity index (χ1v) is 8.68. The number of rotatable bonds is 5. The number of nitrogens with one attached hydrogen (secondary N) is 1. The molecule has 144 valence electrons. The zero-order valence-corrected chi connectivity index (χ0v) is 15.0. The van der Waals surface area contributed by atoms with Gasteiger partial charge in [-0.3, -0.25) is 9.48 Å². The van der Waals surface area contributed by atoms with Gasteiger partial charge in [-0.25, -0.2) is 0 Å². The summed E-state index contributed by atoms with van der Waals surface area (Å²) in [7, 11) is 0. The Labute approximate surface area is 158 Å². The predicted octanol–water partition coefficient (Wildman–Crippen LogP) is 3.46. The van der Waals surface area contributed by atoms with Crippen LogP contribution in [-0.2, 0) is 35.3 Å². The lowest BCUT2D eigenvalue weighted by atomic mass is 10.1. The maximum Gasteiger partial charge on any atom is 0.435 e. The molecule has 1 aromatic carbocycles. The summed E-state index contributed by atoms with van der Waals surface area (Å²) in [6.45, 7) is 0.544. The summed E-state index contributed by atoms with van der Waals surface area (Å²) < 4.78 is 45.8. The number of fused-ring (bicyclic) bond motifs is 1. The maximum atomic E-state index is 13.1. The molecular weight excluding hydrogens is 383 g/mol. The molecule has 1 aliphatic rings. The third-order valence-electron chi connectivity index (χ3n) is 4.11. The lowest BCUT2D eigenvalue weighted by Crippen LogP contribution is -2.27. The van der Waals surface area contributed by atoms with Crippen LogP contribution < -0.4 is 5.32 Å². The standard InChI is InChI=1S/C18H17ClF3N3O2/c19-14-4-2-1-3-12(14)5-6-16(26)23-8-9-25-15-7-10-27-11-13(15)17(24-25)18(20,21)22/h1-6H,7-11H2,(H,23,26). The van der Waals surface area contributed by atoms with Crippen molar-refractivity contribution in [2.45, 2.75) is 25.7 Å². The minimum atomic E-state index is -4.53. The Bertz CT molecular complexity index is 862. The van der Waals surface area contributed by atoms with Gasteiger partial charge in [-0.1, -0.05) is 29.8 Å². The number of aromatic nitrogens is 2. The average Bonchev–Trinajstić information content (AvgIpc) is 3.00. The van der Waals surface area contributed by atoms with Crippen LogP contribution in [0.25, 0.3) is 6.08 Å². The van der Waals surface area contributed by atoms with Gasteiger partial charge in [-0.15, -0.1) is 0 Å². The number of alkyl halides is 3. The van der Waals surface area contributed by atoms with E-state index in [4.69, 9.17) is 16.3 Å². The van der Waals surface area contributed by atoms with E-state index in [0.29, 0.717) is 29.3 Å². The minimum absolute atomic E-state index is 0.0821. The zero-order chi connectivity index (χ0) is 19.4. The molecule has 1 amide bonds. The van der Waals surface area contributed by atoms with E-state index >= 15 is 0 Å². The van der Waals surface area contributed by atoms with E-state index in [1.807, 2.05) is 0 Å². The monoisotopic (exact) mass is 399 g/mol. The summed E-state index contributed by atoms with van der Waals surface area (Å²) in [5, 5.41) is 6.84. The van der Waals surface area contributed by atoms with Gasteiger partial charge < -0.3 is 10.1 Å². The van der Waals surface area contributed by atoms with Crippen LogP contribution in [0, 0.1) is 0 Å². The van der Waals surface area contributed by atoms with Crippen molar-refractivity contribution in [3.63, 3.8) is 0 Å². The highest BCUT2D eigenvalue weighted by molar-refractivity contribution is 6.32. The van der Waals surface area contributed by atoms with Gasteiger partial charge in [0, 0.05) is 35.3 Å². The van der Waals surface area contributed by atoms with Crippen molar-refractivity contribution >= 4 is 23.6 Å². The summed E-state index contributed by atoms with van der Waals surface area (Å²) in [6.07, 6.45) is -1.27. The second kappa shape index (κ2) is 8.14. The lowest BCUT2D eigenvalue weighted by Gasteiger charge is -2.15. The lowest BCUT2D eigenvalue weighted by molar-refractivity contribution is -0.142. The zero-order valence-electron chi connectivity index (χ0n) is 14.2. The Hall–Kier alpha value is -2.32. The third-order valence-corrected chi connectivity index (χ3v) is 4.45. The molecule has 0 spiro atoms. The molecule has 0 saturated heterocycles. The highest BCUT2D eigenvalue weighted by Crippen LogP contribution is 2.34. The number of benzene rings is 1. The number of carbonyl (C=O) groups is 1. The normalized spacial score (nSPS) is 14.4. The first-order chi connectivity index (χ1) is 12.9. The molecule has 0 fully saturated rings. The van der Waals surface area contributed by atoms with E-state index in [2.05, 4.69) is 10.4 Å². The molecule has 1 N–H and O–H groups in total. The highest BCUT2D eigenvalue weighted by Gasteiger charge is 2.39. The summed E-state index contributed by atoms with van der Waals surface area (Å²) in [5.41, 5.74) is 0.376. The van der Waals surface area contributed by atoms with Gasteiger partial charge in [0.25, 0.3) is 0 Å². The van der Waals surface area contributed by atoms with Crippen LogP contribution in [0.5, 0.6) is 0 Å². The summed E-state index contributed by atoms with van der Waals surface area (Å²) in [6, 6.07) is 7.06. The largest absolute Gasteiger partial charge is 0.435 e. The Balaban J connectivity index is 1.61. The number of hydrogen-bond acceptors (Lipinski definition) is 3. The first kappa shape index (κ1) is 19.4. The van der Waals surface area contributed by atoms with Crippen LogP contribution in [-0.4, -0.2) is 28.8 Å². The van der Waals surface area contributed by atoms with Gasteiger partial charge in [0.1, 0.15) is 0 Å². The highest BCUT2D eigenvalue weighted by atomic mass is 35.5. The van der Waals surface area contributed by atoms with Crippen LogP contribution in [0.4, 0.5) is 13.2 Å². The first-order valence-electron chi connectivity index (χ1n) is 8.30. The van der Waals surface area contributed by atoms with Crippen molar-refractivity contribution in [3.05, 3.63) is 57.9 Å². The molecule has 2 aromatic rings. The quantitative estimate of drug-likeness (QED) is 0.783. The van der Waals surface area contributed by atoms with E-state index in [1.54, 1.807) is 30.3 Å². The Morgan fingerprint density at radius 3 is 2.89 bits per heavy atom. The van der Waals surface area contributed by atoms with Crippen LogP contribution in [0.1, 0.15) is 22.5 Å². The number of carbonyl (C=O) groups excluding carboxylic acids is 1. The van der Waals surface area contributed by atoms with Crippen molar-refractivity contribution in [2.24, 2.45) is 0 Å². The number of hydrogen-bond donors (Lipinski definition) is 1. The SMILES string of the molecule is O=C(C=Cc1ccccc1Cl)NCCn1nc(C(F)(F)F)c2c1CCOC2. The molecule has 0 unspecified atom stereocenters. The molecule has 0 radical (unpaired) electrons. The van der Waals surface area contributed by atoms with E-state index in [1.165, 1.54) is 10.8 Å².